The monoisotopic (exact) mass is 594 g/mol. The van der Waals surface area contributed by atoms with Crippen molar-refractivity contribution >= 4 is 9.84 Å². The van der Waals surface area contributed by atoms with Crippen molar-refractivity contribution in [1.82, 2.24) is 29.7 Å². The summed E-state index contributed by atoms with van der Waals surface area (Å²) in [5, 5.41) is 7.11. The smallest absolute Gasteiger partial charge is 0.387 e. The van der Waals surface area contributed by atoms with Gasteiger partial charge in [0.05, 0.1) is 5.25 Å². The number of aromatic nitrogens is 6. The Morgan fingerprint density at radius 3 is 2.05 bits per heavy atom. The molecule has 3 aromatic heterocycles. The molecule has 1 aromatic carbocycles. The number of para-hydroxylation sites is 1. The fraction of sp³-hybridized carbons (Fsp3) is 0.346. The van der Waals surface area contributed by atoms with Crippen molar-refractivity contribution in [2.75, 3.05) is 0 Å². The van der Waals surface area contributed by atoms with Gasteiger partial charge in [0.15, 0.2) is 33.0 Å². The van der Waals surface area contributed by atoms with Crippen LogP contribution in [0.25, 0.3) is 17.1 Å². The highest BCUT2D eigenvalue weighted by Crippen LogP contribution is 2.38. The molecule has 15 heteroatoms. The Morgan fingerprint density at radius 1 is 0.878 bits per heavy atom. The van der Waals surface area contributed by atoms with Crippen molar-refractivity contribution in [3.63, 3.8) is 0 Å². The highest BCUT2D eigenvalue weighted by molar-refractivity contribution is 7.91. The predicted octanol–water partition coefficient (Wildman–Crippen LogP) is 5.05. The maximum absolute atomic E-state index is 13.6. The summed E-state index contributed by atoms with van der Waals surface area (Å²) in [6.45, 7) is -0.00375. The van der Waals surface area contributed by atoms with Crippen LogP contribution in [0.2, 0.25) is 0 Å². The van der Waals surface area contributed by atoms with Gasteiger partial charge in [0, 0.05) is 36.3 Å². The summed E-state index contributed by atoms with van der Waals surface area (Å²) in [4.78, 5) is 12.5. The Bertz CT molecular complexity index is 1590. The topological polar surface area (TPSA) is 122 Å². The second-order valence-electron chi connectivity index (χ2n) is 9.31. The van der Waals surface area contributed by atoms with Gasteiger partial charge in [0.2, 0.25) is 0 Å². The van der Waals surface area contributed by atoms with Crippen molar-refractivity contribution in [2.45, 2.75) is 57.8 Å². The zero-order valence-electron chi connectivity index (χ0n) is 22.4. The Labute approximate surface area is 233 Å². The molecule has 2 atom stereocenters. The van der Waals surface area contributed by atoms with Gasteiger partial charge in [-0.1, -0.05) is 13.0 Å². The number of ether oxygens (including phenoxy) is 2. The van der Waals surface area contributed by atoms with Crippen LogP contribution in [0, 0.1) is 13.8 Å². The molecule has 0 spiro atoms. The van der Waals surface area contributed by atoms with Crippen LogP contribution in [0.3, 0.4) is 0 Å². The minimum absolute atomic E-state index is 0.0570. The number of halogens is 4. The SMILES string of the molecule is Cc1cnc([C@@H](C)[C@H](C)S(=O)(=O)Cc2nnc(-c3cncc(C)c3)n2-c2c(OC(F)F)cccc2OC(F)F)nc1. The number of rotatable bonds is 11. The average molecular weight is 595 g/mol. The zero-order valence-corrected chi connectivity index (χ0v) is 23.2. The summed E-state index contributed by atoms with van der Waals surface area (Å²) >= 11 is 0. The lowest BCUT2D eigenvalue weighted by atomic mass is 10.1. The van der Waals surface area contributed by atoms with Gasteiger partial charge in [-0.05, 0) is 50.1 Å². The third-order valence-corrected chi connectivity index (χ3v) is 8.49. The van der Waals surface area contributed by atoms with Gasteiger partial charge in [-0.3, -0.25) is 9.55 Å². The summed E-state index contributed by atoms with van der Waals surface area (Å²) < 4.78 is 91.2. The minimum atomic E-state index is -4.05. The number of alkyl halides is 4. The quantitative estimate of drug-likeness (QED) is 0.220. The predicted molar refractivity (Wildman–Crippen MR) is 140 cm³/mol. The lowest BCUT2D eigenvalue weighted by Crippen LogP contribution is -2.27. The second kappa shape index (κ2) is 12.2. The summed E-state index contributed by atoms with van der Waals surface area (Å²) in [7, 11) is -4.05. The molecule has 0 unspecified atom stereocenters. The van der Waals surface area contributed by atoms with E-state index in [1.54, 1.807) is 45.4 Å². The first-order chi connectivity index (χ1) is 19.4. The zero-order chi connectivity index (χ0) is 29.9. The van der Waals surface area contributed by atoms with Crippen LogP contribution < -0.4 is 9.47 Å². The molecule has 0 N–H and O–H groups in total. The van der Waals surface area contributed by atoms with E-state index in [0.29, 0.717) is 17.0 Å². The molecule has 218 valence electrons. The van der Waals surface area contributed by atoms with E-state index in [2.05, 4.69) is 34.6 Å². The molecule has 10 nitrogen and oxygen atoms in total. The molecular formula is C26H26F4N6O4S. The number of pyridine rings is 1. The van der Waals surface area contributed by atoms with E-state index >= 15 is 0 Å². The number of hydrogen-bond donors (Lipinski definition) is 0. The normalized spacial score (nSPS) is 13.4. The van der Waals surface area contributed by atoms with E-state index in [4.69, 9.17) is 0 Å². The van der Waals surface area contributed by atoms with E-state index in [0.717, 1.165) is 22.3 Å². The van der Waals surface area contributed by atoms with Crippen LogP contribution in [0.5, 0.6) is 11.5 Å². The molecule has 41 heavy (non-hydrogen) atoms. The van der Waals surface area contributed by atoms with Gasteiger partial charge in [-0.2, -0.15) is 17.6 Å². The number of hydrogen-bond acceptors (Lipinski definition) is 9. The van der Waals surface area contributed by atoms with Gasteiger partial charge >= 0.3 is 13.2 Å². The molecular weight excluding hydrogens is 568 g/mol. The summed E-state index contributed by atoms with van der Waals surface area (Å²) in [6, 6.07) is 5.03. The van der Waals surface area contributed by atoms with Crippen LogP contribution in [0.15, 0.2) is 49.1 Å². The average Bonchev–Trinajstić information content (AvgIpc) is 3.30. The largest absolute Gasteiger partial charge is 0.432 e. The number of aryl methyl sites for hydroxylation is 2. The first kappa shape index (κ1) is 29.8. The summed E-state index contributed by atoms with van der Waals surface area (Å²) in [5.74, 6) is -2.50. The van der Waals surface area contributed by atoms with Crippen LogP contribution in [0.4, 0.5) is 17.6 Å². The van der Waals surface area contributed by atoms with Gasteiger partial charge in [0.25, 0.3) is 0 Å². The minimum Gasteiger partial charge on any atom is -0.432 e. The van der Waals surface area contributed by atoms with Gasteiger partial charge in [0.1, 0.15) is 17.3 Å². The van der Waals surface area contributed by atoms with Crippen LogP contribution in [-0.4, -0.2) is 56.6 Å². The van der Waals surface area contributed by atoms with E-state index in [9.17, 15) is 26.0 Å². The highest BCUT2D eigenvalue weighted by atomic mass is 32.2. The number of sulfone groups is 1. The van der Waals surface area contributed by atoms with Gasteiger partial charge in [-0.15, -0.1) is 10.2 Å². The Hall–Kier alpha value is -4.14. The molecule has 0 fully saturated rings. The third-order valence-electron chi connectivity index (χ3n) is 6.29. The van der Waals surface area contributed by atoms with Crippen LogP contribution in [-0.2, 0) is 15.6 Å². The summed E-state index contributed by atoms with van der Waals surface area (Å²) in [6.07, 6.45) is 6.07. The van der Waals surface area contributed by atoms with E-state index in [-0.39, 0.29) is 11.6 Å². The van der Waals surface area contributed by atoms with Gasteiger partial charge < -0.3 is 9.47 Å². The summed E-state index contributed by atoms with van der Waals surface area (Å²) in [5.41, 5.74) is 1.37. The highest BCUT2D eigenvalue weighted by Gasteiger charge is 2.33. The molecule has 3 heterocycles. The molecule has 4 rings (SSSR count). The maximum Gasteiger partial charge on any atom is 0.387 e. The van der Waals surface area contributed by atoms with Crippen molar-refractivity contribution in [1.29, 1.82) is 0 Å². The van der Waals surface area contributed by atoms with Crippen LogP contribution >= 0.6 is 0 Å². The molecule has 0 saturated heterocycles. The van der Waals surface area contributed by atoms with Crippen molar-refractivity contribution in [3.05, 3.63) is 71.8 Å². The molecule has 0 bridgehead atoms. The molecule has 0 amide bonds. The van der Waals surface area contributed by atoms with Crippen molar-refractivity contribution in [2.24, 2.45) is 0 Å². The standard InChI is InChI=1S/C26H26F4N6O4S/c1-14-8-18(12-31-9-14)24-35-34-21(13-41(37,38)17(4)16(3)23-32-10-15(2)11-33-23)36(24)22-19(39-25(27)28)6-5-7-20(22)40-26(29)30/h5-12,16-17,25-26H,13H2,1-4H3/t16-,17-/m0/s1. The lowest BCUT2D eigenvalue weighted by molar-refractivity contribution is -0.0542. The molecule has 4 aromatic rings. The number of benzene rings is 1. The maximum atomic E-state index is 13.6. The molecule has 0 radical (unpaired) electrons. The fourth-order valence-electron chi connectivity index (χ4n) is 4.08. The fourth-order valence-corrected chi connectivity index (χ4v) is 5.64. The first-order valence-corrected chi connectivity index (χ1v) is 14.0. The van der Waals surface area contributed by atoms with Gasteiger partial charge in [-0.25, -0.2) is 18.4 Å². The van der Waals surface area contributed by atoms with Crippen molar-refractivity contribution < 1.29 is 35.5 Å². The third kappa shape index (κ3) is 6.78. The Balaban J connectivity index is 1.88. The second-order valence-corrected chi connectivity index (χ2v) is 11.7. The van der Waals surface area contributed by atoms with E-state index < -0.39 is 57.2 Å². The molecule has 0 aliphatic carbocycles. The Kier molecular flexibility index (Phi) is 8.85. The van der Waals surface area contributed by atoms with Crippen molar-refractivity contribution in [3.8, 4) is 28.6 Å². The lowest BCUT2D eigenvalue weighted by Gasteiger charge is -2.21. The van der Waals surface area contributed by atoms with Crippen LogP contribution in [0.1, 0.15) is 42.5 Å². The first-order valence-electron chi connectivity index (χ1n) is 12.3. The molecule has 0 aliphatic heterocycles. The molecule has 0 aliphatic rings. The van der Waals surface area contributed by atoms with E-state index in [1.807, 2.05) is 0 Å². The number of nitrogens with zero attached hydrogens (tertiary/aromatic N) is 6. The van der Waals surface area contributed by atoms with E-state index in [1.165, 1.54) is 19.2 Å². The molecule has 0 saturated carbocycles. The Morgan fingerprint density at radius 2 is 1.49 bits per heavy atom.